The van der Waals surface area contributed by atoms with Crippen molar-refractivity contribution in [2.24, 2.45) is 5.92 Å². The average Bonchev–Trinajstić information content (AvgIpc) is 3.08. The molecule has 0 aliphatic heterocycles. The summed E-state index contributed by atoms with van der Waals surface area (Å²) in [4.78, 5) is 4.84. The Bertz CT molecular complexity index is 2100. The highest BCUT2D eigenvalue weighted by atomic mass is 15.2. The monoisotopic (exact) mass is 684 g/mol. The Morgan fingerprint density at radius 3 is 1.06 bits per heavy atom. The maximum absolute atomic E-state index is 2.42. The predicted octanol–water partition coefficient (Wildman–Crippen LogP) is 14.6. The molecule has 0 saturated carbocycles. The minimum Gasteiger partial charge on any atom is -0.310 e. The Morgan fingerprint density at radius 2 is 0.750 bits per heavy atom. The molecular weight excluding hydrogens is 629 g/mol. The van der Waals surface area contributed by atoms with Crippen LogP contribution in [0.25, 0.3) is 11.1 Å². The molecule has 0 N–H and O–H groups in total. The van der Waals surface area contributed by atoms with Gasteiger partial charge in [0.2, 0.25) is 0 Å². The maximum Gasteiger partial charge on any atom is 0.0520 e. The van der Waals surface area contributed by atoms with Crippen molar-refractivity contribution in [1.82, 2.24) is 0 Å². The van der Waals surface area contributed by atoms with Crippen molar-refractivity contribution in [2.75, 3.05) is 9.80 Å². The third-order valence-electron chi connectivity index (χ3n) is 10.2. The lowest BCUT2D eigenvalue weighted by Gasteiger charge is -2.31. The highest BCUT2D eigenvalue weighted by molar-refractivity contribution is 5.84. The van der Waals surface area contributed by atoms with Crippen molar-refractivity contribution in [3.05, 3.63) is 166 Å². The second-order valence-corrected chi connectivity index (χ2v) is 16.3. The van der Waals surface area contributed by atoms with Crippen LogP contribution in [-0.4, -0.2) is 0 Å². The Labute approximate surface area is 313 Å². The van der Waals surface area contributed by atoms with Crippen molar-refractivity contribution in [3.63, 3.8) is 0 Å². The summed E-state index contributed by atoms with van der Waals surface area (Å²) in [6.07, 6.45) is 1.09. The first kappa shape index (κ1) is 36.7. The molecular formula is C50H56N2. The molecule has 266 valence electrons. The Balaban J connectivity index is 1.37. The fourth-order valence-electron chi connectivity index (χ4n) is 7.54. The van der Waals surface area contributed by atoms with E-state index in [2.05, 4.69) is 207 Å². The van der Waals surface area contributed by atoms with E-state index in [1.807, 2.05) is 0 Å². The summed E-state index contributed by atoms with van der Waals surface area (Å²) in [5.41, 5.74) is 20.1. The molecule has 0 amide bonds. The summed E-state index contributed by atoms with van der Waals surface area (Å²) in [6.45, 7) is 24.8. The third-order valence-corrected chi connectivity index (χ3v) is 10.2. The first-order chi connectivity index (χ1) is 24.7. The zero-order valence-electron chi connectivity index (χ0n) is 33.2. The summed E-state index contributed by atoms with van der Waals surface area (Å²) >= 11 is 0. The van der Waals surface area contributed by atoms with Gasteiger partial charge in [-0.05, 0) is 152 Å². The minimum absolute atomic E-state index is 0.0901. The van der Waals surface area contributed by atoms with Crippen LogP contribution in [0, 0.1) is 47.5 Å². The summed E-state index contributed by atoms with van der Waals surface area (Å²) in [5, 5.41) is 0. The van der Waals surface area contributed by atoms with E-state index in [1.165, 1.54) is 72.7 Å². The van der Waals surface area contributed by atoms with E-state index in [-0.39, 0.29) is 5.41 Å². The normalized spacial score (nSPS) is 11.6. The van der Waals surface area contributed by atoms with E-state index < -0.39 is 0 Å². The molecule has 6 aromatic rings. The third kappa shape index (κ3) is 7.87. The molecule has 0 spiro atoms. The lowest BCUT2D eigenvalue weighted by molar-refractivity contribution is 0.589. The van der Waals surface area contributed by atoms with Gasteiger partial charge in [-0.3, -0.25) is 0 Å². The van der Waals surface area contributed by atoms with Crippen LogP contribution in [0.1, 0.15) is 79.1 Å². The van der Waals surface area contributed by atoms with Gasteiger partial charge in [0, 0.05) is 22.7 Å². The number of aryl methyl sites for hydroxylation is 6. The standard InChI is InChI=1S/C50H56N2/c1-33(2)28-40-29-36(5)48(37(6)30-40)51(44-20-12-34(3)13-21-44)46-24-16-41(17-25-46)42-18-26-47(27-19-42)52(45-22-14-35(4)15-23-45)49-38(7)31-43(32-39(49)8)50(9,10)11/h12-27,29-33H,28H2,1-11H3. The molecule has 0 heterocycles. The van der Waals surface area contributed by atoms with Crippen molar-refractivity contribution >= 4 is 34.1 Å². The molecule has 52 heavy (non-hydrogen) atoms. The van der Waals surface area contributed by atoms with Gasteiger partial charge in [-0.2, -0.15) is 0 Å². The number of benzene rings is 6. The smallest absolute Gasteiger partial charge is 0.0520 e. The average molecular weight is 685 g/mol. The second-order valence-electron chi connectivity index (χ2n) is 16.3. The maximum atomic E-state index is 2.42. The first-order valence-corrected chi connectivity index (χ1v) is 18.9. The molecule has 0 radical (unpaired) electrons. The van der Waals surface area contributed by atoms with Crippen molar-refractivity contribution < 1.29 is 0 Å². The van der Waals surface area contributed by atoms with Gasteiger partial charge in [-0.25, -0.2) is 0 Å². The molecule has 0 unspecified atom stereocenters. The van der Waals surface area contributed by atoms with E-state index in [1.54, 1.807) is 0 Å². The van der Waals surface area contributed by atoms with Crippen LogP contribution >= 0.6 is 0 Å². The van der Waals surface area contributed by atoms with E-state index >= 15 is 0 Å². The minimum atomic E-state index is 0.0901. The molecule has 2 heteroatoms. The molecule has 6 aromatic carbocycles. The number of rotatable bonds is 9. The molecule has 0 aliphatic rings. The number of anilines is 6. The van der Waals surface area contributed by atoms with Gasteiger partial charge in [0.25, 0.3) is 0 Å². The van der Waals surface area contributed by atoms with Crippen molar-refractivity contribution in [2.45, 2.75) is 88.0 Å². The quantitative estimate of drug-likeness (QED) is 0.150. The van der Waals surface area contributed by atoms with Gasteiger partial charge in [-0.1, -0.05) is 119 Å². The zero-order chi connectivity index (χ0) is 37.3. The molecule has 2 nitrogen and oxygen atoms in total. The van der Waals surface area contributed by atoms with Crippen molar-refractivity contribution in [3.8, 4) is 11.1 Å². The molecule has 6 rings (SSSR count). The molecule has 0 atom stereocenters. The van der Waals surface area contributed by atoms with Gasteiger partial charge < -0.3 is 9.80 Å². The first-order valence-electron chi connectivity index (χ1n) is 18.9. The molecule has 0 bridgehead atoms. The van der Waals surface area contributed by atoms with Gasteiger partial charge in [0.05, 0.1) is 11.4 Å². The van der Waals surface area contributed by atoms with E-state index in [0.29, 0.717) is 5.92 Å². The Kier molecular flexibility index (Phi) is 10.5. The van der Waals surface area contributed by atoms with Crippen LogP contribution in [0.3, 0.4) is 0 Å². The van der Waals surface area contributed by atoms with E-state index in [9.17, 15) is 0 Å². The van der Waals surface area contributed by atoms with E-state index in [4.69, 9.17) is 0 Å². The van der Waals surface area contributed by atoms with Crippen molar-refractivity contribution in [1.29, 1.82) is 0 Å². The van der Waals surface area contributed by atoms with E-state index in [0.717, 1.165) is 23.5 Å². The van der Waals surface area contributed by atoms with Gasteiger partial charge in [0.1, 0.15) is 0 Å². The lowest BCUT2D eigenvalue weighted by atomic mass is 9.84. The number of nitrogens with zero attached hydrogens (tertiary/aromatic N) is 2. The molecule has 0 aromatic heterocycles. The SMILES string of the molecule is Cc1ccc(N(c2ccc(-c3ccc(N(c4ccc(C)cc4)c4c(C)cc(C(C)(C)C)cc4C)cc3)cc2)c2c(C)cc(CC(C)C)cc2C)cc1. The van der Waals surface area contributed by atoms with Gasteiger partial charge in [-0.15, -0.1) is 0 Å². The lowest BCUT2D eigenvalue weighted by Crippen LogP contribution is -2.16. The summed E-state index contributed by atoms with van der Waals surface area (Å²) < 4.78 is 0. The summed E-state index contributed by atoms with van der Waals surface area (Å²) in [5.74, 6) is 0.623. The van der Waals surface area contributed by atoms with Crippen LogP contribution in [0.2, 0.25) is 0 Å². The number of hydrogen-bond donors (Lipinski definition) is 0. The fraction of sp³-hybridized carbons (Fsp3) is 0.280. The fourth-order valence-corrected chi connectivity index (χ4v) is 7.54. The topological polar surface area (TPSA) is 6.48 Å². The molecule has 0 aliphatic carbocycles. The second kappa shape index (κ2) is 14.9. The van der Waals surface area contributed by atoms with Gasteiger partial charge >= 0.3 is 0 Å². The predicted molar refractivity (Wildman–Crippen MR) is 227 cm³/mol. The highest BCUT2D eigenvalue weighted by Crippen LogP contribution is 2.43. The number of hydrogen-bond acceptors (Lipinski definition) is 2. The Hall–Kier alpha value is -5.08. The summed E-state index contributed by atoms with van der Waals surface area (Å²) in [7, 11) is 0. The molecule has 0 fully saturated rings. The van der Waals surface area contributed by atoms with Crippen LogP contribution in [-0.2, 0) is 11.8 Å². The Morgan fingerprint density at radius 1 is 0.442 bits per heavy atom. The highest BCUT2D eigenvalue weighted by Gasteiger charge is 2.22. The van der Waals surface area contributed by atoms with Gasteiger partial charge in [0.15, 0.2) is 0 Å². The van der Waals surface area contributed by atoms with Crippen LogP contribution < -0.4 is 9.80 Å². The molecule has 0 saturated heterocycles. The van der Waals surface area contributed by atoms with Crippen LogP contribution in [0.5, 0.6) is 0 Å². The summed E-state index contributed by atoms with van der Waals surface area (Å²) in [6, 6.07) is 45.4. The van der Waals surface area contributed by atoms with Crippen LogP contribution in [0.15, 0.2) is 121 Å². The zero-order valence-corrected chi connectivity index (χ0v) is 33.2. The largest absolute Gasteiger partial charge is 0.310 e. The van der Waals surface area contributed by atoms with Crippen LogP contribution in [0.4, 0.5) is 34.1 Å².